The second-order valence-corrected chi connectivity index (χ2v) is 5.89. The number of nitrogens with two attached hydrogens (primary N) is 1. The van der Waals surface area contributed by atoms with Crippen molar-refractivity contribution in [2.24, 2.45) is 0 Å². The van der Waals surface area contributed by atoms with Gasteiger partial charge in [0.2, 0.25) is 0 Å². The molecule has 0 radical (unpaired) electrons. The van der Waals surface area contributed by atoms with Crippen molar-refractivity contribution in [3.63, 3.8) is 0 Å². The van der Waals surface area contributed by atoms with E-state index in [2.05, 4.69) is 29.0 Å². The number of anilines is 1. The maximum absolute atomic E-state index is 11.9. The third-order valence-corrected chi connectivity index (χ3v) is 3.90. The molecule has 1 amide bonds. The summed E-state index contributed by atoms with van der Waals surface area (Å²) in [5.74, 6) is -0.105. The van der Waals surface area contributed by atoms with E-state index in [-0.39, 0.29) is 11.4 Å². The summed E-state index contributed by atoms with van der Waals surface area (Å²) in [7, 11) is 3.98. The van der Waals surface area contributed by atoms with Crippen molar-refractivity contribution in [1.82, 2.24) is 15.2 Å². The Morgan fingerprint density at radius 3 is 2.53 bits per heavy atom. The van der Waals surface area contributed by atoms with E-state index in [1.165, 1.54) is 11.3 Å². The number of carbonyl (C=O) groups is 1. The summed E-state index contributed by atoms with van der Waals surface area (Å²) in [5.41, 5.74) is 6.17. The second kappa shape index (κ2) is 5.01. The Morgan fingerprint density at radius 1 is 1.53 bits per heavy atom. The Kier molecular flexibility index (Phi) is 4.11. The fourth-order valence-electron chi connectivity index (χ4n) is 1.16. The normalized spacial score (nSPS) is 11.9. The molecule has 0 atom stereocenters. The number of hydrogen-bond acceptors (Lipinski definition) is 5. The van der Waals surface area contributed by atoms with Gasteiger partial charge >= 0.3 is 0 Å². The highest BCUT2D eigenvalue weighted by Gasteiger charge is 2.22. The Morgan fingerprint density at radius 2 is 2.12 bits per heavy atom. The topological polar surface area (TPSA) is 71.2 Å². The van der Waals surface area contributed by atoms with Crippen LogP contribution >= 0.6 is 11.3 Å². The molecule has 96 valence electrons. The van der Waals surface area contributed by atoms with Crippen molar-refractivity contribution in [2.45, 2.75) is 26.3 Å². The first kappa shape index (κ1) is 13.9. The van der Waals surface area contributed by atoms with Gasteiger partial charge in [0.15, 0.2) is 5.13 Å². The first-order chi connectivity index (χ1) is 7.74. The van der Waals surface area contributed by atoms with Crippen LogP contribution in [0.3, 0.4) is 0 Å². The molecular formula is C11H20N4OS. The number of carbonyl (C=O) groups excluding carboxylic acids is 1. The molecule has 0 saturated carbocycles. The molecule has 1 aromatic rings. The molecule has 5 nitrogen and oxygen atoms in total. The van der Waals surface area contributed by atoms with Gasteiger partial charge in [0.1, 0.15) is 4.88 Å². The number of nitrogen functional groups attached to an aromatic ring is 1. The van der Waals surface area contributed by atoms with Crippen molar-refractivity contribution >= 4 is 22.4 Å². The third-order valence-electron chi connectivity index (χ3n) is 2.91. The van der Waals surface area contributed by atoms with Crippen LogP contribution in [0.2, 0.25) is 0 Å². The number of likely N-dealkylation sites (N-methyl/N-ethyl adjacent to an activating group) is 1. The largest absolute Gasteiger partial charge is 0.375 e. The molecule has 0 bridgehead atoms. The molecule has 0 spiro atoms. The minimum absolute atomic E-state index is 0.0835. The van der Waals surface area contributed by atoms with E-state index in [1.54, 1.807) is 6.92 Å². The Bertz CT molecular complexity index is 412. The minimum atomic E-state index is -0.105. The highest BCUT2D eigenvalue weighted by Crippen LogP contribution is 2.19. The molecule has 6 heteroatoms. The van der Waals surface area contributed by atoms with E-state index < -0.39 is 0 Å². The lowest BCUT2D eigenvalue weighted by Crippen LogP contribution is -2.48. The molecule has 0 aromatic carbocycles. The van der Waals surface area contributed by atoms with Gasteiger partial charge in [-0.15, -0.1) is 0 Å². The van der Waals surface area contributed by atoms with Crippen molar-refractivity contribution in [3.05, 3.63) is 10.6 Å². The minimum Gasteiger partial charge on any atom is -0.375 e. The van der Waals surface area contributed by atoms with Crippen molar-refractivity contribution < 1.29 is 4.79 Å². The van der Waals surface area contributed by atoms with E-state index in [0.29, 0.717) is 22.2 Å². The zero-order valence-corrected chi connectivity index (χ0v) is 11.8. The Labute approximate surface area is 106 Å². The molecule has 0 fully saturated rings. The van der Waals surface area contributed by atoms with Gasteiger partial charge in [-0.05, 0) is 34.9 Å². The molecule has 0 aliphatic carbocycles. The summed E-state index contributed by atoms with van der Waals surface area (Å²) in [5, 5.41) is 3.34. The maximum Gasteiger partial charge on any atom is 0.263 e. The van der Waals surface area contributed by atoms with Crippen molar-refractivity contribution in [3.8, 4) is 0 Å². The molecule has 1 heterocycles. The van der Waals surface area contributed by atoms with Gasteiger partial charge in [-0.3, -0.25) is 4.79 Å². The number of thiazole rings is 1. The van der Waals surface area contributed by atoms with Gasteiger partial charge in [0.05, 0.1) is 5.69 Å². The molecule has 0 unspecified atom stereocenters. The number of nitrogens with one attached hydrogen (secondary N) is 1. The van der Waals surface area contributed by atoms with E-state index in [0.717, 1.165) is 0 Å². The standard InChI is InChI=1S/C11H20N4OS/c1-7-8(17-10(12)14-7)9(16)13-6-11(2,3)15(4)5/h6H2,1-5H3,(H2,12,14)(H,13,16). The summed E-state index contributed by atoms with van der Waals surface area (Å²) < 4.78 is 0. The van der Waals surface area contributed by atoms with Crippen LogP contribution in [0, 0.1) is 6.92 Å². The molecule has 3 N–H and O–H groups in total. The van der Waals surface area contributed by atoms with Gasteiger partial charge in [-0.25, -0.2) is 4.98 Å². The highest BCUT2D eigenvalue weighted by atomic mass is 32.1. The molecule has 0 aliphatic heterocycles. The molecule has 1 aromatic heterocycles. The van der Waals surface area contributed by atoms with Gasteiger partial charge in [0.25, 0.3) is 5.91 Å². The predicted molar refractivity (Wildman–Crippen MR) is 71.4 cm³/mol. The van der Waals surface area contributed by atoms with Gasteiger partial charge in [-0.2, -0.15) is 0 Å². The summed E-state index contributed by atoms with van der Waals surface area (Å²) >= 11 is 1.22. The van der Waals surface area contributed by atoms with Crippen molar-refractivity contribution in [1.29, 1.82) is 0 Å². The molecule has 0 aliphatic rings. The number of hydrogen-bond donors (Lipinski definition) is 2. The average Bonchev–Trinajstić information content (AvgIpc) is 2.54. The van der Waals surface area contributed by atoms with Crippen LogP contribution in [0.25, 0.3) is 0 Å². The third kappa shape index (κ3) is 3.41. The lowest BCUT2D eigenvalue weighted by molar-refractivity contribution is 0.0923. The van der Waals surface area contributed by atoms with Crippen LogP contribution < -0.4 is 11.1 Å². The zero-order valence-electron chi connectivity index (χ0n) is 11.0. The maximum atomic E-state index is 11.9. The quantitative estimate of drug-likeness (QED) is 0.846. The fourth-order valence-corrected chi connectivity index (χ4v) is 1.91. The van der Waals surface area contributed by atoms with E-state index in [1.807, 2.05) is 14.1 Å². The van der Waals surface area contributed by atoms with Crippen molar-refractivity contribution in [2.75, 3.05) is 26.4 Å². The van der Waals surface area contributed by atoms with Crippen LogP contribution in [-0.4, -0.2) is 42.0 Å². The fraction of sp³-hybridized carbons (Fsp3) is 0.636. The van der Waals surface area contributed by atoms with E-state index in [9.17, 15) is 4.79 Å². The van der Waals surface area contributed by atoms with E-state index in [4.69, 9.17) is 5.73 Å². The molecule has 0 saturated heterocycles. The Hall–Kier alpha value is -1.14. The molecule has 17 heavy (non-hydrogen) atoms. The number of aryl methyl sites for hydroxylation is 1. The monoisotopic (exact) mass is 256 g/mol. The predicted octanol–water partition coefficient (Wildman–Crippen LogP) is 1.10. The van der Waals surface area contributed by atoms with Gasteiger partial charge in [0, 0.05) is 12.1 Å². The molecular weight excluding hydrogens is 236 g/mol. The lowest BCUT2D eigenvalue weighted by atomic mass is 10.0. The van der Waals surface area contributed by atoms with Crippen LogP contribution in [-0.2, 0) is 0 Å². The van der Waals surface area contributed by atoms with E-state index >= 15 is 0 Å². The first-order valence-electron chi connectivity index (χ1n) is 5.42. The average molecular weight is 256 g/mol. The molecule has 1 rings (SSSR count). The Balaban J connectivity index is 2.65. The zero-order chi connectivity index (χ0) is 13.2. The summed E-state index contributed by atoms with van der Waals surface area (Å²) in [6.07, 6.45) is 0. The SMILES string of the molecule is Cc1nc(N)sc1C(=O)NCC(C)(C)N(C)C. The van der Waals surface area contributed by atoms with Crippen LogP contribution in [0.15, 0.2) is 0 Å². The number of nitrogens with zero attached hydrogens (tertiary/aromatic N) is 2. The van der Waals surface area contributed by atoms with Crippen LogP contribution in [0.5, 0.6) is 0 Å². The number of rotatable bonds is 4. The summed E-state index contributed by atoms with van der Waals surface area (Å²) in [4.78, 5) is 18.6. The van der Waals surface area contributed by atoms with Crippen LogP contribution in [0.1, 0.15) is 29.2 Å². The lowest BCUT2D eigenvalue weighted by Gasteiger charge is -2.32. The number of aromatic nitrogens is 1. The number of amides is 1. The second-order valence-electron chi connectivity index (χ2n) is 4.86. The van der Waals surface area contributed by atoms with Crippen LogP contribution in [0.4, 0.5) is 5.13 Å². The van der Waals surface area contributed by atoms with Gasteiger partial charge < -0.3 is 16.0 Å². The highest BCUT2D eigenvalue weighted by molar-refractivity contribution is 7.17. The first-order valence-corrected chi connectivity index (χ1v) is 6.24. The summed E-state index contributed by atoms with van der Waals surface area (Å²) in [6.45, 7) is 6.51. The summed E-state index contributed by atoms with van der Waals surface area (Å²) in [6, 6.07) is 0. The van der Waals surface area contributed by atoms with Gasteiger partial charge in [-0.1, -0.05) is 11.3 Å². The smallest absolute Gasteiger partial charge is 0.263 e.